The molecule has 2 saturated heterocycles. The Bertz CT molecular complexity index is 723. The Morgan fingerprint density at radius 3 is 2.68 bits per heavy atom. The van der Waals surface area contributed by atoms with Crippen molar-refractivity contribution < 1.29 is 23.8 Å². The molecule has 1 aromatic carbocycles. The minimum absolute atomic E-state index is 0.0677. The van der Waals surface area contributed by atoms with Crippen molar-refractivity contribution in [3.05, 3.63) is 23.8 Å². The van der Waals surface area contributed by atoms with Gasteiger partial charge >= 0.3 is 0 Å². The number of hydrogen-bond donors (Lipinski definition) is 0. The molecule has 0 aromatic heterocycles. The summed E-state index contributed by atoms with van der Waals surface area (Å²) >= 11 is 0. The summed E-state index contributed by atoms with van der Waals surface area (Å²) in [5.74, 6) is 1.54. The van der Waals surface area contributed by atoms with Crippen LogP contribution in [0.5, 0.6) is 11.5 Å². The van der Waals surface area contributed by atoms with E-state index in [9.17, 15) is 9.59 Å². The maximum atomic E-state index is 13.4. The Kier molecular flexibility index (Phi) is 6.44. The molecule has 7 nitrogen and oxygen atoms in total. The lowest BCUT2D eigenvalue weighted by Crippen LogP contribution is -2.50. The molecular weight excluding hydrogens is 360 g/mol. The van der Waals surface area contributed by atoms with Crippen LogP contribution in [0.4, 0.5) is 0 Å². The van der Waals surface area contributed by atoms with Gasteiger partial charge in [-0.25, -0.2) is 0 Å². The molecule has 0 radical (unpaired) electrons. The molecule has 0 saturated carbocycles. The molecule has 1 spiro atoms. The van der Waals surface area contributed by atoms with E-state index < -0.39 is 5.41 Å². The molecule has 0 aliphatic carbocycles. The monoisotopic (exact) mass is 390 g/mol. The van der Waals surface area contributed by atoms with Crippen LogP contribution in [-0.2, 0) is 20.9 Å². The summed E-state index contributed by atoms with van der Waals surface area (Å²) in [7, 11) is 4.81. The maximum absolute atomic E-state index is 13.4. The zero-order chi connectivity index (χ0) is 20.1. The second kappa shape index (κ2) is 8.82. The Balaban J connectivity index is 1.73. The molecular formula is C21H30N2O5. The highest BCUT2D eigenvalue weighted by Crippen LogP contribution is 2.41. The first kappa shape index (κ1) is 20.5. The first-order valence-corrected chi connectivity index (χ1v) is 9.80. The van der Waals surface area contributed by atoms with E-state index in [1.807, 2.05) is 28.0 Å². The van der Waals surface area contributed by atoms with Crippen LogP contribution < -0.4 is 9.47 Å². The number of carbonyl (C=O) groups is 2. The number of para-hydroxylation sites is 1. The SMILES string of the molecule is COCCC(=O)N1CC[C@]2(CCCN(Cc3cccc(OC)c3OC)C2=O)C1. The summed E-state index contributed by atoms with van der Waals surface area (Å²) in [6, 6.07) is 5.72. The Hall–Kier alpha value is -2.28. The van der Waals surface area contributed by atoms with Gasteiger partial charge in [0.2, 0.25) is 11.8 Å². The topological polar surface area (TPSA) is 68.3 Å². The number of methoxy groups -OCH3 is 3. The van der Waals surface area contributed by atoms with Crippen molar-refractivity contribution in [2.75, 3.05) is 47.6 Å². The number of rotatable bonds is 7. The van der Waals surface area contributed by atoms with Crippen LogP contribution in [0.1, 0.15) is 31.2 Å². The molecule has 1 atom stereocenters. The summed E-state index contributed by atoms with van der Waals surface area (Å²) in [6.45, 7) is 2.78. The van der Waals surface area contributed by atoms with Crippen LogP contribution in [-0.4, -0.2) is 69.2 Å². The molecule has 0 N–H and O–H groups in total. The normalized spacial score (nSPS) is 22.0. The van der Waals surface area contributed by atoms with E-state index in [0.29, 0.717) is 44.2 Å². The van der Waals surface area contributed by atoms with Crippen molar-refractivity contribution in [3.8, 4) is 11.5 Å². The smallest absolute Gasteiger partial charge is 0.230 e. The van der Waals surface area contributed by atoms with Gasteiger partial charge in [-0.05, 0) is 25.3 Å². The molecule has 2 heterocycles. The summed E-state index contributed by atoms with van der Waals surface area (Å²) in [5, 5.41) is 0. The van der Waals surface area contributed by atoms with Crippen molar-refractivity contribution in [2.24, 2.45) is 5.41 Å². The summed E-state index contributed by atoms with van der Waals surface area (Å²) in [6.07, 6.45) is 2.88. The number of piperidine rings is 1. The van der Waals surface area contributed by atoms with Gasteiger partial charge in [0, 0.05) is 38.9 Å². The minimum Gasteiger partial charge on any atom is -0.493 e. The molecule has 28 heavy (non-hydrogen) atoms. The number of hydrogen-bond acceptors (Lipinski definition) is 5. The van der Waals surface area contributed by atoms with Crippen LogP contribution in [0, 0.1) is 5.41 Å². The van der Waals surface area contributed by atoms with E-state index in [1.165, 1.54) is 0 Å². The number of likely N-dealkylation sites (tertiary alicyclic amines) is 2. The van der Waals surface area contributed by atoms with Crippen molar-refractivity contribution >= 4 is 11.8 Å². The first-order valence-electron chi connectivity index (χ1n) is 9.80. The fourth-order valence-electron chi connectivity index (χ4n) is 4.40. The van der Waals surface area contributed by atoms with E-state index in [0.717, 1.165) is 31.4 Å². The van der Waals surface area contributed by atoms with Gasteiger partial charge in [0.05, 0.1) is 32.7 Å². The predicted molar refractivity (Wildman–Crippen MR) is 104 cm³/mol. The molecule has 0 unspecified atom stereocenters. The lowest BCUT2D eigenvalue weighted by Gasteiger charge is -2.39. The van der Waals surface area contributed by atoms with E-state index in [1.54, 1.807) is 21.3 Å². The van der Waals surface area contributed by atoms with Crippen molar-refractivity contribution in [3.63, 3.8) is 0 Å². The standard InChI is InChI=1S/C21H30N2O5/c1-26-13-8-18(24)23-12-10-21(15-23)9-5-11-22(20(21)25)14-16-6-4-7-17(27-2)19(16)28-3/h4,6-7H,5,8-15H2,1-3H3/t21-/m1/s1. The highest BCUT2D eigenvalue weighted by molar-refractivity contribution is 5.86. The average molecular weight is 390 g/mol. The molecule has 2 aliphatic heterocycles. The zero-order valence-corrected chi connectivity index (χ0v) is 17.0. The minimum atomic E-state index is -0.451. The van der Waals surface area contributed by atoms with Gasteiger partial charge < -0.3 is 24.0 Å². The Labute approximate surface area is 166 Å². The third-order valence-electron chi connectivity index (χ3n) is 5.90. The van der Waals surface area contributed by atoms with Gasteiger partial charge in [0.15, 0.2) is 11.5 Å². The van der Waals surface area contributed by atoms with E-state index in [4.69, 9.17) is 14.2 Å². The summed E-state index contributed by atoms with van der Waals surface area (Å²) < 4.78 is 15.9. The molecule has 1 aromatic rings. The molecule has 2 aliphatic rings. The number of carbonyl (C=O) groups excluding carboxylic acids is 2. The van der Waals surface area contributed by atoms with E-state index in [-0.39, 0.29) is 11.8 Å². The van der Waals surface area contributed by atoms with Crippen LogP contribution in [0.3, 0.4) is 0 Å². The van der Waals surface area contributed by atoms with Crippen LogP contribution in [0.15, 0.2) is 18.2 Å². The van der Waals surface area contributed by atoms with Gasteiger partial charge in [-0.2, -0.15) is 0 Å². The fraction of sp³-hybridized carbons (Fsp3) is 0.619. The van der Waals surface area contributed by atoms with Crippen molar-refractivity contribution in [1.82, 2.24) is 9.80 Å². The second-order valence-corrected chi connectivity index (χ2v) is 7.57. The number of benzene rings is 1. The third-order valence-corrected chi connectivity index (χ3v) is 5.90. The predicted octanol–water partition coefficient (Wildman–Crippen LogP) is 2.08. The largest absolute Gasteiger partial charge is 0.493 e. The Morgan fingerprint density at radius 2 is 1.96 bits per heavy atom. The van der Waals surface area contributed by atoms with Gasteiger partial charge in [0.1, 0.15) is 0 Å². The quantitative estimate of drug-likeness (QED) is 0.713. The van der Waals surface area contributed by atoms with Crippen molar-refractivity contribution in [1.29, 1.82) is 0 Å². The molecule has 154 valence electrons. The number of ether oxygens (including phenoxy) is 3. The third kappa shape index (κ3) is 3.94. The van der Waals surface area contributed by atoms with Crippen LogP contribution in [0.2, 0.25) is 0 Å². The average Bonchev–Trinajstić information content (AvgIpc) is 3.14. The molecule has 7 heteroatoms. The van der Waals surface area contributed by atoms with Crippen molar-refractivity contribution in [2.45, 2.75) is 32.2 Å². The summed E-state index contributed by atoms with van der Waals surface area (Å²) in [4.78, 5) is 29.5. The fourth-order valence-corrected chi connectivity index (χ4v) is 4.40. The Morgan fingerprint density at radius 1 is 1.14 bits per heavy atom. The lowest BCUT2D eigenvalue weighted by atomic mass is 9.78. The zero-order valence-electron chi connectivity index (χ0n) is 17.0. The summed E-state index contributed by atoms with van der Waals surface area (Å²) in [5.41, 5.74) is 0.478. The lowest BCUT2D eigenvalue weighted by molar-refractivity contribution is -0.146. The van der Waals surface area contributed by atoms with Crippen LogP contribution in [0.25, 0.3) is 0 Å². The highest BCUT2D eigenvalue weighted by Gasteiger charge is 2.49. The second-order valence-electron chi connectivity index (χ2n) is 7.57. The van der Waals surface area contributed by atoms with Crippen LogP contribution >= 0.6 is 0 Å². The molecule has 2 fully saturated rings. The molecule has 0 bridgehead atoms. The van der Waals surface area contributed by atoms with E-state index >= 15 is 0 Å². The molecule has 3 rings (SSSR count). The number of amides is 2. The van der Waals surface area contributed by atoms with Gasteiger partial charge in [-0.3, -0.25) is 9.59 Å². The number of nitrogens with zero attached hydrogens (tertiary/aromatic N) is 2. The van der Waals surface area contributed by atoms with Gasteiger partial charge in [-0.1, -0.05) is 12.1 Å². The molecule has 2 amide bonds. The van der Waals surface area contributed by atoms with Gasteiger partial charge in [0.25, 0.3) is 0 Å². The van der Waals surface area contributed by atoms with E-state index in [2.05, 4.69) is 0 Å². The first-order chi connectivity index (χ1) is 13.5. The highest BCUT2D eigenvalue weighted by atomic mass is 16.5. The van der Waals surface area contributed by atoms with Gasteiger partial charge in [-0.15, -0.1) is 0 Å². The maximum Gasteiger partial charge on any atom is 0.230 e.